The van der Waals surface area contributed by atoms with E-state index in [-0.39, 0.29) is 24.8 Å². The van der Waals surface area contributed by atoms with Gasteiger partial charge in [0, 0.05) is 10.8 Å². The van der Waals surface area contributed by atoms with Crippen molar-refractivity contribution in [3.05, 3.63) is 109 Å². The van der Waals surface area contributed by atoms with E-state index in [1.54, 1.807) is 18.4 Å². The van der Waals surface area contributed by atoms with Crippen molar-refractivity contribution >= 4 is 50.7 Å². The molecule has 32 heavy (non-hydrogen) atoms. The number of fused-ring (bicyclic) bond motifs is 2. The van der Waals surface area contributed by atoms with Crippen LogP contribution < -0.4 is 0 Å². The minimum Gasteiger partial charge on any atom is -0.507 e. The molecule has 0 aliphatic heterocycles. The summed E-state index contributed by atoms with van der Waals surface area (Å²) in [6.07, 6.45) is 1.75. The number of rotatable bonds is 1. The molecule has 0 atom stereocenters. The van der Waals surface area contributed by atoms with E-state index in [4.69, 9.17) is 4.42 Å². The van der Waals surface area contributed by atoms with Crippen LogP contribution in [0.3, 0.4) is 0 Å². The molecule has 0 saturated carbocycles. The number of aryl methyl sites for hydroxylation is 1. The standard InChI is InChI=1S/2C10H8O.C6H6O.2ClH.Ti/c2*11-10-7-3-5-8-4-1-2-6-9(8)10;1-5-3-6(2)7-4-5;;;/h2*1-7,11H;1,3-4H,2H3;2*1H;. The van der Waals surface area contributed by atoms with Crippen molar-refractivity contribution in [2.75, 3.05) is 0 Å². The van der Waals surface area contributed by atoms with Gasteiger partial charge in [0.05, 0.1) is 0 Å². The van der Waals surface area contributed by atoms with E-state index in [9.17, 15) is 10.2 Å². The van der Waals surface area contributed by atoms with Crippen LogP contribution in [0.15, 0.2) is 102 Å². The van der Waals surface area contributed by atoms with E-state index in [0.29, 0.717) is 11.5 Å². The number of aromatic hydroxyl groups is 2. The Morgan fingerprint density at radius 3 is 1.47 bits per heavy atom. The fraction of sp³-hybridized carbons (Fsp3) is 0.0385. The summed E-state index contributed by atoms with van der Waals surface area (Å²) in [7, 11) is 0. The molecule has 4 aromatic carbocycles. The van der Waals surface area contributed by atoms with E-state index in [2.05, 4.69) is 0 Å². The third-order valence-corrected chi connectivity index (χ3v) is 4.97. The van der Waals surface area contributed by atoms with Crippen LogP contribution >= 0.6 is 24.8 Å². The van der Waals surface area contributed by atoms with Crippen molar-refractivity contribution in [1.82, 2.24) is 0 Å². The first-order chi connectivity index (χ1) is 14.6. The number of halogens is 2. The van der Waals surface area contributed by atoms with Crippen LogP contribution in [-0.2, 0) is 20.0 Å². The van der Waals surface area contributed by atoms with Gasteiger partial charge in [-0.05, 0) is 22.9 Å². The molecular weight excluding hydrogens is 479 g/mol. The molecule has 2 N–H and O–H groups in total. The van der Waals surface area contributed by atoms with E-state index in [1.165, 1.54) is 0 Å². The summed E-state index contributed by atoms with van der Waals surface area (Å²) in [5, 5.41) is 22.7. The number of phenolic OH excluding ortho intramolecular Hbond substituents is 2. The summed E-state index contributed by atoms with van der Waals surface area (Å²) in [6, 6.07) is 28.6. The Bertz CT molecular complexity index is 1180. The van der Waals surface area contributed by atoms with Crippen molar-refractivity contribution in [3.63, 3.8) is 0 Å². The second-order valence-corrected chi connectivity index (χ2v) is 7.08. The molecule has 0 bridgehead atoms. The third-order valence-electron chi connectivity index (χ3n) is 4.45. The van der Waals surface area contributed by atoms with Gasteiger partial charge in [0.1, 0.15) is 11.5 Å². The molecule has 0 fully saturated rings. The van der Waals surface area contributed by atoms with Gasteiger partial charge in [0.15, 0.2) is 0 Å². The Morgan fingerprint density at radius 2 is 1.12 bits per heavy atom. The molecule has 0 spiro atoms. The molecule has 0 amide bonds. The summed E-state index contributed by atoms with van der Waals surface area (Å²) < 4.78 is 7.03. The monoisotopic (exact) mass is 502 g/mol. The Hall–Kier alpha value is -2.56. The molecule has 5 aromatic rings. The fourth-order valence-electron chi connectivity index (χ4n) is 2.96. The summed E-state index contributed by atoms with van der Waals surface area (Å²) in [5.74, 6) is 1.67. The second kappa shape index (κ2) is 13.8. The van der Waals surface area contributed by atoms with Crippen LogP contribution in [0.2, 0.25) is 0 Å². The van der Waals surface area contributed by atoms with Gasteiger partial charge in [-0.15, -0.1) is 24.8 Å². The average molecular weight is 503 g/mol. The Labute approximate surface area is 211 Å². The van der Waals surface area contributed by atoms with Crippen LogP contribution in [0.4, 0.5) is 0 Å². The number of benzene rings is 4. The van der Waals surface area contributed by atoms with Crippen LogP contribution in [0, 0.1) is 6.92 Å². The molecule has 0 aliphatic carbocycles. The van der Waals surface area contributed by atoms with Crippen molar-refractivity contribution in [2.45, 2.75) is 6.92 Å². The molecule has 5 rings (SSSR count). The maximum atomic E-state index is 9.37. The first-order valence-electron chi connectivity index (χ1n) is 9.47. The van der Waals surface area contributed by atoms with Crippen molar-refractivity contribution in [3.8, 4) is 11.5 Å². The molecule has 1 heterocycles. The molecule has 0 unspecified atom stereocenters. The summed E-state index contributed by atoms with van der Waals surface area (Å²) in [5.41, 5.74) is 1.16. The average Bonchev–Trinajstić information content (AvgIpc) is 3.21. The minimum atomic E-state index is 0. The van der Waals surface area contributed by atoms with Gasteiger partial charge in [0.2, 0.25) is 0 Å². The van der Waals surface area contributed by atoms with E-state index < -0.39 is 0 Å². The minimum absolute atomic E-state index is 0. The molecule has 6 heteroatoms. The quantitative estimate of drug-likeness (QED) is 0.238. The summed E-state index contributed by atoms with van der Waals surface area (Å²) in [4.78, 5) is 0. The van der Waals surface area contributed by atoms with Gasteiger partial charge in [0.25, 0.3) is 0 Å². The predicted octanol–water partition coefficient (Wildman–Crippen LogP) is 7.22. The number of phenols is 2. The van der Waals surface area contributed by atoms with Crippen molar-refractivity contribution in [2.24, 2.45) is 0 Å². The van der Waals surface area contributed by atoms with Gasteiger partial charge in [-0.2, -0.15) is 0 Å². The van der Waals surface area contributed by atoms with Gasteiger partial charge < -0.3 is 10.2 Å². The van der Waals surface area contributed by atoms with Crippen LogP contribution in [0.5, 0.6) is 11.5 Å². The largest absolute Gasteiger partial charge is 0.507 e. The number of hydrogen-bond donors (Lipinski definition) is 2. The number of hydrogen-bond acceptors (Lipinski definition) is 3. The van der Waals surface area contributed by atoms with E-state index in [0.717, 1.165) is 32.9 Å². The van der Waals surface area contributed by atoms with Crippen molar-refractivity contribution < 1.29 is 34.6 Å². The molecular formula is C26H24Cl2O3Ti. The molecule has 0 radical (unpaired) electrons. The zero-order valence-electron chi connectivity index (χ0n) is 17.4. The SMILES string of the molecule is Cc1cc([CH]=[Ti])co1.Cl.Cl.Oc1cccc2ccccc12.Oc1cccc2ccccc12. The predicted molar refractivity (Wildman–Crippen MR) is 134 cm³/mol. The molecule has 0 saturated heterocycles. The van der Waals surface area contributed by atoms with E-state index >= 15 is 0 Å². The van der Waals surface area contributed by atoms with Crippen LogP contribution in [0.25, 0.3) is 21.5 Å². The van der Waals surface area contributed by atoms with Gasteiger partial charge >= 0.3 is 59.3 Å². The van der Waals surface area contributed by atoms with Crippen LogP contribution in [0.1, 0.15) is 11.3 Å². The maximum absolute atomic E-state index is 9.37. The Morgan fingerprint density at radius 1 is 0.688 bits per heavy atom. The van der Waals surface area contributed by atoms with E-state index in [1.807, 2.05) is 110 Å². The molecule has 0 aliphatic rings. The smallest absolute Gasteiger partial charge is 0.123 e. The molecule has 164 valence electrons. The Balaban J connectivity index is 0.000000236. The second-order valence-electron chi connectivity index (χ2n) is 6.63. The zero-order chi connectivity index (χ0) is 21.3. The van der Waals surface area contributed by atoms with Gasteiger partial charge in [-0.1, -0.05) is 72.8 Å². The Kier molecular flexibility index (Phi) is 11.8. The summed E-state index contributed by atoms with van der Waals surface area (Å²) >= 11 is 1.99. The molecule has 3 nitrogen and oxygen atoms in total. The maximum Gasteiger partial charge on any atom is 0.123 e. The van der Waals surface area contributed by atoms with Gasteiger partial charge in [-0.3, -0.25) is 0 Å². The zero-order valence-corrected chi connectivity index (χ0v) is 20.6. The normalized spacial score (nSPS) is 9.25. The topological polar surface area (TPSA) is 53.6 Å². The first kappa shape index (κ1) is 27.5. The first-order valence-corrected chi connectivity index (χ1v) is 10.4. The third kappa shape index (κ3) is 7.54. The number of furan rings is 1. The van der Waals surface area contributed by atoms with Crippen LogP contribution in [-0.4, -0.2) is 14.5 Å². The fourth-order valence-corrected chi connectivity index (χ4v) is 3.19. The summed E-state index contributed by atoms with van der Waals surface area (Å²) in [6.45, 7) is 1.94. The molecule has 1 aromatic heterocycles. The van der Waals surface area contributed by atoms with Crippen molar-refractivity contribution in [1.29, 1.82) is 0 Å². The van der Waals surface area contributed by atoms with Gasteiger partial charge in [-0.25, -0.2) is 0 Å².